The lowest BCUT2D eigenvalue weighted by Gasteiger charge is -2.14. The number of nitrogens with zero attached hydrogens (tertiary/aromatic N) is 3. The van der Waals surface area contributed by atoms with Gasteiger partial charge in [0.05, 0.1) is 5.69 Å². The fraction of sp³-hybridized carbons (Fsp3) is 0.125. The molecule has 0 fully saturated rings. The summed E-state index contributed by atoms with van der Waals surface area (Å²) in [5, 5.41) is 7.70. The third-order valence-electron chi connectivity index (χ3n) is 3.41. The van der Waals surface area contributed by atoms with Gasteiger partial charge in [-0.2, -0.15) is 0 Å². The third kappa shape index (κ3) is 2.05. The number of hydrogen-bond donors (Lipinski definition) is 1. The van der Waals surface area contributed by atoms with Crippen molar-refractivity contribution in [2.75, 3.05) is 5.73 Å². The molecule has 0 aliphatic carbocycles. The summed E-state index contributed by atoms with van der Waals surface area (Å²) in [4.78, 5) is 0. The van der Waals surface area contributed by atoms with E-state index in [-0.39, 0.29) is 0 Å². The van der Waals surface area contributed by atoms with Crippen molar-refractivity contribution in [1.29, 1.82) is 0 Å². The number of aryl methyl sites for hydroxylation is 2. The summed E-state index contributed by atoms with van der Waals surface area (Å²) in [5.41, 5.74) is 11.6. The van der Waals surface area contributed by atoms with Crippen LogP contribution in [0.5, 0.6) is 0 Å². The van der Waals surface area contributed by atoms with Gasteiger partial charge in [-0.05, 0) is 48.2 Å². The highest BCUT2D eigenvalue weighted by molar-refractivity contribution is 5.68. The first-order valence-corrected chi connectivity index (χ1v) is 6.49. The maximum absolute atomic E-state index is 5.85. The maximum atomic E-state index is 5.85. The first-order valence-electron chi connectivity index (χ1n) is 6.49. The molecule has 0 unspecified atom stereocenters. The van der Waals surface area contributed by atoms with E-state index < -0.39 is 0 Å². The average Bonchev–Trinajstić information content (AvgIpc) is 2.85. The lowest BCUT2D eigenvalue weighted by molar-refractivity contribution is 1.03. The quantitative estimate of drug-likeness (QED) is 0.773. The van der Waals surface area contributed by atoms with E-state index in [1.54, 1.807) is 6.33 Å². The van der Waals surface area contributed by atoms with Gasteiger partial charge in [0.15, 0.2) is 0 Å². The molecule has 20 heavy (non-hydrogen) atoms. The standard InChI is InChI=1S/C16H16N4/c1-11-8-14(13-6-4-3-5-7-13)9-12(2)15(11)20-10-18-19-16(20)17/h3-10H,1-2H3,(H2,17,19). The van der Waals surface area contributed by atoms with Gasteiger partial charge >= 0.3 is 0 Å². The van der Waals surface area contributed by atoms with Gasteiger partial charge in [0.2, 0.25) is 5.95 Å². The molecule has 3 aromatic rings. The van der Waals surface area contributed by atoms with E-state index in [2.05, 4.69) is 48.3 Å². The van der Waals surface area contributed by atoms with Crippen molar-refractivity contribution in [2.24, 2.45) is 0 Å². The van der Waals surface area contributed by atoms with Crippen molar-refractivity contribution in [1.82, 2.24) is 14.8 Å². The highest BCUT2D eigenvalue weighted by Crippen LogP contribution is 2.28. The van der Waals surface area contributed by atoms with Gasteiger partial charge in [0, 0.05) is 0 Å². The number of aromatic nitrogens is 3. The maximum Gasteiger partial charge on any atom is 0.226 e. The lowest BCUT2D eigenvalue weighted by atomic mass is 9.99. The zero-order valence-electron chi connectivity index (χ0n) is 11.5. The largest absolute Gasteiger partial charge is 0.368 e. The fourth-order valence-corrected chi connectivity index (χ4v) is 2.55. The summed E-state index contributed by atoms with van der Waals surface area (Å²) in [5.74, 6) is 0.406. The number of nitrogen functional groups attached to an aromatic ring is 1. The fourth-order valence-electron chi connectivity index (χ4n) is 2.55. The van der Waals surface area contributed by atoms with Crippen LogP contribution in [0.2, 0.25) is 0 Å². The first-order chi connectivity index (χ1) is 9.66. The van der Waals surface area contributed by atoms with Gasteiger partial charge < -0.3 is 5.73 Å². The minimum absolute atomic E-state index is 0.406. The predicted molar refractivity (Wildman–Crippen MR) is 80.7 cm³/mol. The van der Waals surface area contributed by atoms with Crippen LogP contribution >= 0.6 is 0 Å². The number of hydrogen-bond acceptors (Lipinski definition) is 3. The van der Waals surface area contributed by atoms with Gasteiger partial charge in [-0.3, -0.25) is 4.57 Å². The lowest BCUT2D eigenvalue weighted by Crippen LogP contribution is -2.04. The van der Waals surface area contributed by atoms with Crippen molar-refractivity contribution in [3.63, 3.8) is 0 Å². The Balaban J connectivity index is 2.15. The second-order valence-electron chi connectivity index (χ2n) is 4.88. The molecule has 0 atom stereocenters. The van der Waals surface area contributed by atoms with E-state index in [9.17, 15) is 0 Å². The highest BCUT2D eigenvalue weighted by atomic mass is 15.3. The van der Waals surface area contributed by atoms with Crippen molar-refractivity contribution in [2.45, 2.75) is 13.8 Å². The monoisotopic (exact) mass is 264 g/mol. The molecule has 0 bridgehead atoms. The summed E-state index contributed by atoms with van der Waals surface area (Å²) in [7, 11) is 0. The molecule has 4 nitrogen and oxygen atoms in total. The van der Waals surface area contributed by atoms with Crippen LogP contribution in [0.15, 0.2) is 48.8 Å². The third-order valence-corrected chi connectivity index (χ3v) is 3.41. The van der Waals surface area contributed by atoms with E-state index in [0.29, 0.717) is 5.95 Å². The van der Waals surface area contributed by atoms with Gasteiger partial charge in [0.25, 0.3) is 0 Å². The minimum atomic E-state index is 0.406. The smallest absolute Gasteiger partial charge is 0.226 e. The Bertz CT molecular complexity index is 721. The average molecular weight is 264 g/mol. The van der Waals surface area contributed by atoms with E-state index in [4.69, 9.17) is 5.73 Å². The molecule has 0 aliphatic heterocycles. The van der Waals surface area contributed by atoms with Crippen LogP contribution in [-0.4, -0.2) is 14.8 Å². The summed E-state index contributed by atoms with van der Waals surface area (Å²) < 4.78 is 1.82. The van der Waals surface area contributed by atoms with Crippen LogP contribution < -0.4 is 5.73 Å². The van der Waals surface area contributed by atoms with E-state index in [0.717, 1.165) is 16.8 Å². The summed E-state index contributed by atoms with van der Waals surface area (Å²) >= 11 is 0. The molecule has 0 aliphatic rings. The zero-order valence-corrected chi connectivity index (χ0v) is 11.5. The summed E-state index contributed by atoms with van der Waals surface area (Å²) in [6.07, 6.45) is 1.65. The Kier molecular flexibility index (Phi) is 2.99. The van der Waals surface area contributed by atoms with Crippen LogP contribution in [-0.2, 0) is 0 Å². The number of anilines is 1. The van der Waals surface area contributed by atoms with Crippen LogP contribution in [0.25, 0.3) is 16.8 Å². The topological polar surface area (TPSA) is 56.7 Å². The Morgan fingerprint density at radius 1 is 0.950 bits per heavy atom. The first kappa shape index (κ1) is 12.4. The summed E-state index contributed by atoms with van der Waals surface area (Å²) in [6.45, 7) is 4.16. The molecule has 2 aromatic carbocycles. The van der Waals surface area contributed by atoms with Crippen molar-refractivity contribution in [3.05, 3.63) is 59.9 Å². The van der Waals surface area contributed by atoms with Crippen molar-refractivity contribution < 1.29 is 0 Å². The molecule has 3 rings (SSSR count). The molecule has 2 N–H and O–H groups in total. The molecular formula is C16H16N4. The van der Waals surface area contributed by atoms with Gasteiger partial charge in [-0.25, -0.2) is 0 Å². The Labute approximate surface area is 117 Å². The van der Waals surface area contributed by atoms with E-state index >= 15 is 0 Å². The molecule has 0 saturated carbocycles. The molecule has 100 valence electrons. The molecular weight excluding hydrogens is 248 g/mol. The molecule has 0 amide bonds. The van der Waals surface area contributed by atoms with Crippen LogP contribution in [0, 0.1) is 13.8 Å². The highest BCUT2D eigenvalue weighted by Gasteiger charge is 2.11. The second kappa shape index (κ2) is 4.81. The van der Waals surface area contributed by atoms with Crippen LogP contribution in [0.4, 0.5) is 5.95 Å². The SMILES string of the molecule is Cc1cc(-c2ccccc2)cc(C)c1-n1cnnc1N. The van der Waals surface area contributed by atoms with Gasteiger partial charge in [0.1, 0.15) is 6.33 Å². The zero-order chi connectivity index (χ0) is 14.1. The molecule has 0 radical (unpaired) electrons. The molecule has 1 heterocycles. The van der Waals surface area contributed by atoms with Gasteiger partial charge in [-0.15, -0.1) is 10.2 Å². The number of benzene rings is 2. The Morgan fingerprint density at radius 2 is 1.60 bits per heavy atom. The van der Waals surface area contributed by atoms with E-state index in [1.807, 2.05) is 22.8 Å². The molecule has 0 spiro atoms. The molecule has 1 aromatic heterocycles. The normalized spacial score (nSPS) is 10.7. The Morgan fingerprint density at radius 3 is 2.15 bits per heavy atom. The molecule has 4 heteroatoms. The second-order valence-corrected chi connectivity index (χ2v) is 4.88. The van der Waals surface area contributed by atoms with E-state index in [1.165, 1.54) is 11.1 Å². The van der Waals surface area contributed by atoms with Crippen molar-refractivity contribution >= 4 is 5.95 Å². The minimum Gasteiger partial charge on any atom is -0.368 e. The summed E-state index contributed by atoms with van der Waals surface area (Å²) in [6, 6.07) is 14.7. The molecule has 0 saturated heterocycles. The van der Waals surface area contributed by atoms with Crippen molar-refractivity contribution in [3.8, 4) is 16.8 Å². The predicted octanol–water partition coefficient (Wildman–Crippen LogP) is 3.13. The van der Waals surface area contributed by atoms with Gasteiger partial charge in [-0.1, -0.05) is 30.3 Å². The Hall–Kier alpha value is -2.62. The van der Waals surface area contributed by atoms with Crippen LogP contribution in [0.3, 0.4) is 0 Å². The van der Waals surface area contributed by atoms with Crippen LogP contribution in [0.1, 0.15) is 11.1 Å². The number of nitrogens with two attached hydrogens (primary N) is 1. The number of rotatable bonds is 2.